The maximum Gasteiger partial charge on any atom is 0.227 e. The van der Waals surface area contributed by atoms with Gasteiger partial charge in [-0.3, -0.25) is 4.79 Å². The van der Waals surface area contributed by atoms with E-state index in [1.165, 1.54) is 0 Å². The van der Waals surface area contributed by atoms with Crippen LogP contribution in [0.15, 0.2) is 0 Å². The van der Waals surface area contributed by atoms with Gasteiger partial charge in [-0.25, -0.2) is 0 Å². The maximum atomic E-state index is 12.6. The molecular weight excluding hydrogens is 214 g/mol. The lowest BCUT2D eigenvalue weighted by molar-refractivity contribution is -0.140. The topological polar surface area (TPSA) is 49.6 Å². The number of rotatable bonds is 2. The van der Waals surface area contributed by atoms with Crippen LogP contribution in [0.4, 0.5) is 0 Å². The minimum Gasteiger partial charge on any atom is -0.336 e. The third-order valence-electron chi connectivity index (χ3n) is 4.43. The second-order valence-electron chi connectivity index (χ2n) is 5.90. The van der Waals surface area contributed by atoms with Gasteiger partial charge in [-0.2, -0.15) is 0 Å². The van der Waals surface area contributed by atoms with Gasteiger partial charge >= 0.3 is 0 Å². The molecule has 0 aromatic heterocycles. The normalized spacial score (nSPS) is 35.2. The molecule has 98 valence electrons. The van der Waals surface area contributed by atoms with Crippen molar-refractivity contribution in [1.29, 1.82) is 0 Å². The fourth-order valence-electron chi connectivity index (χ4n) is 3.20. The number of nitrogens with zero attached hydrogens (tertiary/aromatic N) is 2. The summed E-state index contributed by atoms with van der Waals surface area (Å²) in [7, 11) is 2.10. The Morgan fingerprint density at radius 2 is 2.18 bits per heavy atom. The fourth-order valence-corrected chi connectivity index (χ4v) is 3.20. The second kappa shape index (κ2) is 4.94. The van der Waals surface area contributed by atoms with Crippen molar-refractivity contribution in [2.75, 3.05) is 33.2 Å². The summed E-state index contributed by atoms with van der Waals surface area (Å²) in [6, 6.07) is 0. The zero-order valence-corrected chi connectivity index (χ0v) is 11.1. The fraction of sp³-hybridized carbons (Fsp3) is 0.923. The highest BCUT2D eigenvalue weighted by Crippen LogP contribution is 2.31. The van der Waals surface area contributed by atoms with Crippen molar-refractivity contribution in [2.45, 2.75) is 38.1 Å². The number of likely N-dealkylation sites (tertiary alicyclic amines) is 2. The van der Waals surface area contributed by atoms with E-state index in [-0.39, 0.29) is 11.5 Å². The van der Waals surface area contributed by atoms with Crippen molar-refractivity contribution < 1.29 is 4.79 Å². The highest BCUT2D eigenvalue weighted by molar-refractivity contribution is 5.80. The van der Waals surface area contributed by atoms with Gasteiger partial charge in [0.1, 0.15) is 0 Å². The lowest BCUT2D eigenvalue weighted by atomic mass is 9.93. The molecule has 2 aliphatic heterocycles. The molecule has 2 N–H and O–H groups in total. The number of carbonyl (C=O) groups excluding carboxylic acids is 1. The van der Waals surface area contributed by atoms with Crippen LogP contribution in [0.2, 0.25) is 0 Å². The molecule has 0 spiro atoms. The van der Waals surface area contributed by atoms with Crippen LogP contribution in [-0.4, -0.2) is 54.5 Å². The number of hydrogen-bond acceptors (Lipinski definition) is 3. The smallest absolute Gasteiger partial charge is 0.227 e. The molecule has 17 heavy (non-hydrogen) atoms. The van der Waals surface area contributed by atoms with Gasteiger partial charge < -0.3 is 15.5 Å². The van der Waals surface area contributed by atoms with Crippen LogP contribution in [0.5, 0.6) is 0 Å². The van der Waals surface area contributed by atoms with E-state index in [9.17, 15) is 4.79 Å². The molecule has 2 atom stereocenters. The summed E-state index contributed by atoms with van der Waals surface area (Å²) >= 11 is 0. The molecule has 0 bridgehead atoms. The van der Waals surface area contributed by atoms with Gasteiger partial charge in [0.05, 0.1) is 11.5 Å². The lowest BCUT2D eigenvalue weighted by Crippen LogP contribution is -2.53. The van der Waals surface area contributed by atoms with Gasteiger partial charge in [-0.1, -0.05) is 0 Å². The first-order valence-corrected chi connectivity index (χ1v) is 6.77. The molecule has 2 rings (SSSR count). The van der Waals surface area contributed by atoms with Crippen LogP contribution in [0.25, 0.3) is 0 Å². The molecule has 2 saturated heterocycles. The minimum absolute atomic E-state index is 0.0902. The predicted octanol–water partition coefficient (Wildman–Crippen LogP) is 0.668. The molecule has 1 amide bonds. The Kier molecular flexibility index (Phi) is 3.73. The molecule has 0 aromatic carbocycles. The van der Waals surface area contributed by atoms with E-state index in [1.54, 1.807) is 0 Å². The molecule has 4 heteroatoms. The van der Waals surface area contributed by atoms with Crippen LogP contribution in [0, 0.1) is 5.92 Å². The van der Waals surface area contributed by atoms with E-state index in [2.05, 4.69) is 23.8 Å². The van der Waals surface area contributed by atoms with E-state index in [0.29, 0.717) is 12.5 Å². The van der Waals surface area contributed by atoms with Crippen molar-refractivity contribution >= 4 is 5.91 Å². The minimum atomic E-state index is -0.0902. The van der Waals surface area contributed by atoms with E-state index in [1.807, 2.05) is 0 Å². The zero-order chi connectivity index (χ0) is 12.5. The summed E-state index contributed by atoms with van der Waals surface area (Å²) in [5.74, 6) is 0.528. The zero-order valence-electron chi connectivity index (χ0n) is 11.1. The van der Waals surface area contributed by atoms with Crippen molar-refractivity contribution in [3.63, 3.8) is 0 Å². The van der Waals surface area contributed by atoms with Gasteiger partial charge in [0.2, 0.25) is 5.91 Å². The molecule has 0 radical (unpaired) electrons. The highest BCUT2D eigenvalue weighted by Gasteiger charge is 2.41. The quantitative estimate of drug-likeness (QED) is 0.770. The number of carbonyl (C=O) groups is 1. The average molecular weight is 239 g/mol. The summed E-state index contributed by atoms with van der Waals surface area (Å²) < 4.78 is 0. The molecule has 2 unspecified atom stereocenters. The van der Waals surface area contributed by atoms with Crippen molar-refractivity contribution in [3.05, 3.63) is 0 Å². The number of hydrogen-bond donors (Lipinski definition) is 1. The van der Waals surface area contributed by atoms with E-state index >= 15 is 0 Å². The van der Waals surface area contributed by atoms with Crippen LogP contribution in [0.1, 0.15) is 32.6 Å². The second-order valence-corrected chi connectivity index (χ2v) is 5.90. The Labute approximate surface area is 104 Å². The molecule has 4 nitrogen and oxygen atoms in total. The molecule has 0 saturated carbocycles. The van der Waals surface area contributed by atoms with Crippen molar-refractivity contribution in [3.8, 4) is 0 Å². The first kappa shape index (κ1) is 12.8. The van der Waals surface area contributed by atoms with Crippen LogP contribution in [0.3, 0.4) is 0 Å². The lowest BCUT2D eigenvalue weighted by Gasteiger charge is -2.38. The summed E-state index contributed by atoms with van der Waals surface area (Å²) in [6.07, 6.45) is 4.33. The number of amides is 1. The first-order valence-electron chi connectivity index (χ1n) is 6.77. The summed E-state index contributed by atoms with van der Waals surface area (Å²) in [5, 5.41) is 0. The van der Waals surface area contributed by atoms with E-state index in [0.717, 1.165) is 45.3 Å². The van der Waals surface area contributed by atoms with Crippen molar-refractivity contribution in [2.24, 2.45) is 11.7 Å². The summed E-state index contributed by atoms with van der Waals surface area (Å²) in [4.78, 5) is 16.9. The third kappa shape index (κ3) is 2.47. The maximum absolute atomic E-state index is 12.6. The molecule has 2 aliphatic rings. The number of nitrogens with two attached hydrogens (primary N) is 1. The first-order chi connectivity index (χ1) is 8.07. The van der Waals surface area contributed by atoms with Crippen LogP contribution < -0.4 is 5.73 Å². The van der Waals surface area contributed by atoms with E-state index < -0.39 is 0 Å². The van der Waals surface area contributed by atoms with Gasteiger partial charge in [0, 0.05) is 19.6 Å². The summed E-state index contributed by atoms with van der Waals surface area (Å²) in [5.41, 5.74) is 5.76. The molecule has 2 fully saturated rings. The SMILES string of the molecule is CN1CCCC(C(=O)N2CCCC2(C)CN)C1. The Balaban J connectivity index is 2.04. The predicted molar refractivity (Wildman–Crippen MR) is 68.6 cm³/mol. The molecule has 0 aliphatic carbocycles. The van der Waals surface area contributed by atoms with Gasteiger partial charge in [-0.05, 0) is 46.2 Å². The molecule has 0 aromatic rings. The van der Waals surface area contributed by atoms with Crippen LogP contribution >= 0.6 is 0 Å². The standard InChI is InChI=1S/C13H25N3O/c1-13(10-14)6-4-8-16(13)12(17)11-5-3-7-15(2)9-11/h11H,3-10,14H2,1-2H3. The third-order valence-corrected chi connectivity index (χ3v) is 4.43. The van der Waals surface area contributed by atoms with Gasteiger partial charge in [-0.15, -0.1) is 0 Å². The number of piperidine rings is 1. The Morgan fingerprint density at radius 1 is 1.41 bits per heavy atom. The van der Waals surface area contributed by atoms with Gasteiger partial charge in [0.15, 0.2) is 0 Å². The Hall–Kier alpha value is -0.610. The summed E-state index contributed by atoms with van der Waals surface area (Å²) in [6.45, 7) is 5.65. The largest absolute Gasteiger partial charge is 0.336 e. The monoisotopic (exact) mass is 239 g/mol. The van der Waals surface area contributed by atoms with Crippen LogP contribution in [-0.2, 0) is 4.79 Å². The van der Waals surface area contributed by atoms with E-state index in [4.69, 9.17) is 5.73 Å². The van der Waals surface area contributed by atoms with Crippen molar-refractivity contribution in [1.82, 2.24) is 9.80 Å². The highest BCUT2D eigenvalue weighted by atomic mass is 16.2. The Bertz CT molecular complexity index is 294. The van der Waals surface area contributed by atoms with Gasteiger partial charge in [0.25, 0.3) is 0 Å². The average Bonchev–Trinajstić information content (AvgIpc) is 2.71. The molecular formula is C13H25N3O. The molecule has 2 heterocycles. The Morgan fingerprint density at radius 3 is 2.82 bits per heavy atom.